The van der Waals surface area contributed by atoms with E-state index in [4.69, 9.17) is 10.00 Å². The molecule has 1 aliphatic heterocycles. The average molecular weight is 276 g/mol. The molecule has 1 heterocycles. The molecule has 0 aliphatic carbocycles. The number of hydrogen-bond acceptors (Lipinski definition) is 6. The van der Waals surface area contributed by atoms with Gasteiger partial charge in [-0.1, -0.05) is 0 Å². The summed E-state index contributed by atoms with van der Waals surface area (Å²) in [7, 11) is 1.88. The zero-order valence-corrected chi connectivity index (χ0v) is 11.2. The van der Waals surface area contributed by atoms with Crippen LogP contribution >= 0.6 is 0 Å². The quantitative estimate of drug-likeness (QED) is 0.648. The molecule has 106 valence electrons. The van der Waals surface area contributed by atoms with E-state index < -0.39 is 4.92 Å². The number of nitro groups is 1. The Morgan fingerprint density at radius 1 is 1.65 bits per heavy atom. The molecule has 7 nitrogen and oxygen atoms in total. The first-order chi connectivity index (χ1) is 9.61. The number of nitro benzene ring substituents is 1. The summed E-state index contributed by atoms with van der Waals surface area (Å²) in [4.78, 5) is 12.2. The van der Waals surface area contributed by atoms with Crippen LogP contribution in [0.2, 0.25) is 0 Å². The monoisotopic (exact) mass is 276 g/mol. The van der Waals surface area contributed by atoms with Crippen molar-refractivity contribution in [3.05, 3.63) is 33.9 Å². The van der Waals surface area contributed by atoms with Crippen LogP contribution in [-0.2, 0) is 4.74 Å². The summed E-state index contributed by atoms with van der Waals surface area (Å²) < 4.78 is 5.61. The van der Waals surface area contributed by atoms with Gasteiger partial charge in [-0.05, 0) is 12.1 Å². The molecule has 1 aromatic rings. The minimum Gasteiger partial charge on any atom is -0.374 e. The number of morpholine rings is 1. The number of rotatable bonds is 4. The largest absolute Gasteiger partial charge is 0.374 e. The molecule has 20 heavy (non-hydrogen) atoms. The molecule has 0 aromatic heterocycles. The van der Waals surface area contributed by atoms with Crippen LogP contribution in [0.1, 0.15) is 5.56 Å². The van der Waals surface area contributed by atoms with Crippen molar-refractivity contribution >= 4 is 11.4 Å². The highest BCUT2D eigenvalue weighted by molar-refractivity contribution is 5.59. The number of hydrogen-bond donors (Lipinski definition) is 1. The molecule has 1 saturated heterocycles. The molecule has 2 rings (SSSR count). The molecule has 0 saturated carbocycles. The van der Waals surface area contributed by atoms with Crippen molar-refractivity contribution in [2.24, 2.45) is 0 Å². The second-order valence-electron chi connectivity index (χ2n) is 4.65. The zero-order valence-electron chi connectivity index (χ0n) is 11.2. The molecule has 7 heteroatoms. The lowest BCUT2D eigenvalue weighted by Crippen LogP contribution is -2.44. The van der Waals surface area contributed by atoms with Crippen LogP contribution in [0, 0.1) is 21.4 Å². The van der Waals surface area contributed by atoms with Gasteiger partial charge in [0.1, 0.15) is 11.6 Å². The first-order valence-corrected chi connectivity index (χ1v) is 6.34. The number of nitrogens with zero attached hydrogens (tertiary/aromatic N) is 3. The Kier molecular flexibility index (Phi) is 4.50. The fourth-order valence-corrected chi connectivity index (χ4v) is 2.16. The molecule has 1 aromatic carbocycles. The molecule has 0 radical (unpaired) electrons. The maximum Gasteiger partial charge on any atom is 0.287 e. The SMILES string of the molecule is CN(CC1CNCCO1)c1ccc([N+](=O)[O-])c(C#N)c1. The highest BCUT2D eigenvalue weighted by Gasteiger charge is 2.18. The fourth-order valence-electron chi connectivity index (χ4n) is 2.16. The fraction of sp³-hybridized carbons (Fsp3) is 0.462. The van der Waals surface area contributed by atoms with Gasteiger partial charge in [0.05, 0.1) is 17.6 Å². The minimum absolute atomic E-state index is 0.0713. The van der Waals surface area contributed by atoms with Crippen molar-refractivity contribution < 1.29 is 9.66 Å². The van der Waals surface area contributed by atoms with Crippen molar-refractivity contribution in [2.45, 2.75) is 6.10 Å². The van der Waals surface area contributed by atoms with Crippen LogP contribution in [-0.4, -0.2) is 44.3 Å². The number of ether oxygens (including phenoxy) is 1. The molecule has 1 atom stereocenters. The Labute approximate surface area is 116 Å². The second kappa shape index (κ2) is 6.32. The summed E-state index contributed by atoms with van der Waals surface area (Å²) in [5.74, 6) is 0. The lowest BCUT2D eigenvalue weighted by Gasteiger charge is -2.29. The van der Waals surface area contributed by atoms with Gasteiger partial charge in [0.15, 0.2) is 0 Å². The predicted molar refractivity (Wildman–Crippen MR) is 73.7 cm³/mol. The van der Waals surface area contributed by atoms with E-state index in [1.165, 1.54) is 12.1 Å². The molecule has 0 bridgehead atoms. The maximum atomic E-state index is 10.8. The normalized spacial score (nSPS) is 18.3. The second-order valence-corrected chi connectivity index (χ2v) is 4.65. The van der Waals surface area contributed by atoms with Gasteiger partial charge in [-0.2, -0.15) is 5.26 Å². The van der Waals surface area contributed by atoms with E-state index in [1.54, 1.807) is 6.07 Å². The Morgan fingerprint density at radius 3 is 3.05 bits per heavy atom. The summed E-state index contributed by atoms with van der Waals surface area (Å²) >= 11 is 0. The summed E-state index contributed by atoms with van der Waals surface area (Å²) in [6, 6.07) is 6.41. The number of anilines is 1. The van der Waals surface area contributed by atoms with Gasteiger partial charge in [-0.25, -0.2) is 0 Å². The smallest absolute Gasteiger partial charge is 0.287 e. The van der Waals surface area contributed by atoms with Crippen LogP contribution in [0.25, 0.3) is 0 Å². The molecule has 1 fully saturated rings. The topological polar surface area (TPSA) is 91.4 Å². The zero-order chi connectivity index (χ0) is 14.5. The van der Waals surface area contributed by atoms with Gasteiger partial charge in [0, 0.05) is 38.4 Å². The van der Waals surface area contributed by atoms with Crippen LogP contribution < -0.4 is 10.2 Å². The summed E-state index contributed by atoms with van der Waals surface area (Å²) in [5, 5.41) is 23.0. The van der Waals surface area contributed by atoms with E-state index in [2.05, 4.69) is 5.32 Å². The molecule has 1 aliphatic rings. The van der Waals surface area contributed by atoms with Crippen LogP contribution in [0.4, 0.5) is 11.4 Å². The lowest BCUT2D eigenvalue weighted by atomic mass is 10.1. The van der Waals surface area contributed by atoms with E-state index in [0.29, 0.717) is 13.2 Å². The Morgan fingerprint density at radius 2 is 2.45 bits per heavy atom. The Hall–Kier alpha value is -2.17. The standard InChI is InChI=1S/C13H16N4O3/c1-16(9-12-8-15-4-5-20-12)11-2-3-13(17(18)19)10(6-11)7-14/h2-3,6,12,15H,4-5,8-9H2,1H3. The molecule has 0 amide bonds. The van der Waals surface area contributed by atoms with E-state index in [1.807, 2.05) is 18.0 Å². The highest BCUT2D eigenvalue weighted by atomic mass is 16.6. The van der Waals surface area contributed by atoms with E-state index in [9.17, 15) is 10.1 Å². The van der Waals surface area contributed by atoms with E-state index in [-0.39, 0.29) is 17.4 Å². The number of nitrogens with one attached hydrogen (secondary N) is 1. The third-order valence-electron chi connectivity index (χ3n) is 3.22. The Balaban J connectivity index is 2.11. The van der Waals surface area contributed by atoms with E-state index in [0.717, 1.165) is 18.8 Å². The Bertz CT molecular complexity index is 535. The van der Waals surface area contributed by atoms with Crippen molar-refractivity contribution in [1.82, 2.24) is 5.32 Å². The number of nitriles is 1. The van der Waals surface area contributed by atoms with Crippen molar-refractivity contribution in [3.63, 3.8) is 0 Å². The van der Waals surface area contributed by atoms with Crippen molar-refractivity contribution in [3.8, 4) is 6.07 Å². The lowest BCUT2D eigenvalue weighted by molar-refractivity contribution is -0.385. The minimum atomic E-state index is -0.545. The third-order valence-corrected chi connectivity index (χ3v) is 3.22. The molecular weight excluding hydrogens is 260 g/mol. The summed E-state index contributed by atoms with van der Waals surface area (Å²) in [5.41, 5.74) is 0.670. The van der Waals surface area contributed by atoms with Crippen molar-refractivity contribution in [1.29, 1.82) is 5.26 Å². The third kappa shape index (κ3) is 3.23. The van der Waals surface area contributed by atoms with Gasteiger partial charge in [0.2, 0.25) is 0 Å². The molecule has 1 unspecified atom stereocenters. The maximum absolute atomic E-state index is 10.8. The van der Waals surface area contributed by atoms with Gasteiger partial charge >= 0.3 is 0 Å². The number of benzene rings is 1. The van der Waals surface area contributed by atoms with Gasteiger partial charge in [-0.15, -0.1) is 0 Å². The highest BCUT2D eigenvalue weighted by Crippen LogP contribution is 2.24. The van der Waals surface area contributed by atoms with Crippen LogP contribution in [0.15, 0.2) is 18.2 Å². The average Bonchev–Trinajstić information content (AvgIpc) is 2.47. The summed E-state index contributed by atoms with van der Waals surface area (Å²) in [6.45, 7) is 2.98. The van der Waals surface area contributed by atoms with Gasteiger partial charge in [-0.3, -0.25) is 10.1 Å². The summed E-state index contributed by atoms with van der Waals surface area (Å²) in [6.07, 6.45) is 0.0782. The first kappa shape index (κ1) is 14.2. The molecule has 1 N–H and O–H groups in total. The van der Waals surface area contributed by atoms with Crippen LogP contribution in [0.3, 0.4) is 0 Å². The molecular formula is C13H16N4O3. The number of likely N-dealkylation sites (N-methyl/N-ethyl adjacent to an activating group) is 1. The van der Waals surface area contributed by atoms with E-state index >= 15 is 0 Å². The van der Waals surface area contributed by atoms with Gasteiger partial charge in [0.25, 0.3) is 5.69 Å². The van der Waals surface area contributed by atoms with Gasteiger partial charge < -0.3 is 15.0 Å². The van der Waals surface area contributed by atoms with Crippen LogP contribution in [0.5, 0.6) is 0 Å². The first-order valence-electron chi connectivity index (χ1n) is 6.34. The van der Waals surface area contributed by atoms with Crippen molar-refractivity contribution in [2.75, 3.05) is 38.2 Å². The predicted octanol–water partition coefficient (Wildman–Crippen LogP) is 0.891. The molecule has 0 spiro atoms.